The van der Waals surface area contributed by atoms with Crippen molar-refractivity contribution in [2.75, 3.05) is 12.0 Å². The molecular formula is C29H26Cl2FN3O2. The van der Waals surface area contributed by atoms with Crippen LogP contribution in [0, 0.1) is 12.7 Å². The number of benzene rings is 3. The van der Waals surface area contributed by atoms with Gasteiger partial charge >= 0.3 is 0 Å². The third-order valence-corrected chi connectivity index (χ3v) is 7.24. The summed E-state index contributed by atoms with van der Waals surface area (Å²) in [6.45, 7) is 6.06. The smallest absolute Gasteiger partial charge is 0.234 e. The topological polar surface area (TPSA) is 47.4 Å². The van der Waals surface area contributed by atoms with Gasteiger partial charge in [-0.15, -0.1) is 0 Å². The van der Waals surface area contributed by atoms with Gasteiger partial charge in [0.2, 0.25) is 5.91 Å². The van der Waals surface area contributed by atoms with E-state index in [4.69, 9.17) is 32.9 Å². The number of methoxy groups -OCH3 is 1. The van der Waals surface area contributed by atoms with Gasteiger partial charge in [-0.25, -0.2) is 9.37 Å². The van der Waals surface area contributed by atoms with E-state index in [-0.39, 0.29) is 29.1 Å². The van der Waals surface area contributed by atoms with Crippen molar-refractivity contribution >= 4 is 34.8 Å². The van der Waals surface area contributed by atoms with E-state index in [0.717, 1.165) is 22.4 Å². The number of hydrogen-bond donors (Lipinski definition) is 0. The molecule has 0 saturated heterocycles. The first-order chi connectivity index (χ1) is 17.7. The number of aromatic nitrogens is 2. The number of fused-ring (bicyclic) bond motifs is 1. The maximum absolute atomic E-state index is 15.4. The van der Waals surface area contributed by atoms with Crippen molar-refractivity contribution in [3.63, 3.8) is 0 Å². The van der Waals surface area contributed by atoms with Crippen LogP contribution in [0.4, 0.5) is 10.1 Å². The van der Waals surface area contributed by atoms with Crippen molar-refractivity contribution in [3.05, 3.63) is 99.0 Å². The highest BCUT2D eigenvalue weighted by Gasteiger charge is 2.41. The summed E-state index contributed by atoms with van der Waals surface area (Å²) in [5, 5.41) is 0.533. The second-order valence-corrected chi connectivity index (χ2v) is 10.2. The number of nitrogens with zero attached hydrogens (tertiary/aromatic N) is 3. The average molecular weight is 538 g/mol. The Hall–Kier alpha value is -3.35. The molecule has 3 aromatic carbocycles. The van der Waals surface area contributed by atoms with E-state index in [0.29, 0.717) is 22.3 Å². The molecular weight excluding hydrogens is 512 g/mol. The monoisotopic (exact) mass is 537 g/mol. The van der Waals surface area contributed by atoms with Crippen LogP contribution < -0.4 is 9.64 Å². The van der Waals surface area contributed by atoms with E-state index in [2.05, 4.69) is 18.4 Å². The van der Waals surface area contributed by atoms with Crippen LogP contribution >= 0.6 is 23.2 Å². The Bertz CT molecular complexity index is 1520. The number of aryl methyl sites for hydroxylation is 1. The van der Waals surface area contributed by atoms with Crippen LogP contribution in [0.3, 0.4) is 0 Å². The fourth-order valence-electron chi connectivity index (χ4n) is 5.13. The van der Waals surface area contributed by atoms with E-state index in [1.54, 1.807) is 25.3 Å². The fourth-order valence-corrected chi connectivity index (χ4v) is 5.53. The minimum absolute atomic E-state index is 0.0201. The molecule has 0 saturated carbocycles. The Balaban J connectivity index is 1.85. The summed E-state index contributed by atoms with van der Waals surface area (Å²) in [6.07, 6.45) is 0.0201. The zero-order valence-electron chi connectivity index (χ0n) is 20.9. The molecule has 0 N–H and O–H groups in total. The number of imidazole rings is 1. The number of para-hydroxylation sites is 1. The average Bonchev–Trinajstić information content (AvgIpc) is 3.24. The lowest BCUT2D eigenvalue weighted by atomic mass is 9.91. The number of amides is 1. The summed E-state index contributed by atoms with van der Waals surface area (Å²) < 4.78 is 23.2. The molecule has 0 fully saturated rings. The van der Waals surface area contributed by atoms with Crippen molar-refractivity contribution < 1.29 is 13.9 Å². The molecule has 5 rings (SSSR count). The van der Waals surface area contributed by atoms with Crippen molar-refractivity contribution in [1.82, 2.24) is 9.55 Å². The Labute approximate surface area is 225 Å². The van der Waals surface area contributed by atoms with Crippen molar-refractivity contribution in [3.8, 4) is 17.1 Å². The number of carbonyl (C=O) groups excluding carboxylic acids is 1. The quantitative estimate of drug-likeness (QED) is 0.263. The van der Waals surface area contributed by atoms with E-state index < -0.39 is 11.9 Å². The van der Waals surface area contributed by atoms with Gasteiger partial charge in [0.1, 0.15) is 17.6 Å². The number of hydrogen-bond acceptors (Lipinski definition) is 3. The van der Waals surface area contributed by atoms with Crippen LogP contribution in [0.25, 0.3) is 11.4 Å². The molecule has 1 amide bonds. The SMILES string of the molecule is COc1ccccc1-c1nc2c(n1C(C)C)C(c1ccc(Cl)cc1C)N(c1cccc(Cl)c1F)C(=O)C2. The standard InChI is InChI=1S/C29H26Cl2FN3O2/c1-16(2)34-28-22(33-29(34)20-8-5-6-11-24(20)37-4)15-25(36)35(23-10-7-9-21(31)26(23)32)27(28)19-13-12-18(30)14-17(19)3/h5-14,16,27H,15H2,1-4H3. The van der Waals surface area contributed by atoms with Gasteiger partial charge in [0.05, 0.1) is 41.2 Å². The molecule has 1 aromatic heterocycles. The second-order valence-electron chi connectivity index (χ2n) is 9.35. The molecule has 37 heavy (non-hydrogen) atoms. The first-order valence-corrected chi connectivity index (χ1v) is 12.7. The second kappa shape index (κ2) is 9.84. The molecule has 0 spiro atoms. The number of ether oxygens (including phenoxy) is 1. The molecule has 0 radical (unpaired) electrons. The first kappa shape index (κ1) is 25.3. The highest BCUT2D eigenvalue weighted by atomic mass is 35.5. The Kier molecular flexibility index (Phi) is 6.73. The molecule has 1 unspecified atom stereocenters. The lowest BCUT2D eigenvalue weighted by Gasteiger charge is -2.38. The minimum atomic E-state index is -0.653. The molecule has 0 bridgehead atoms. The normalized spacial score (nSPS) is 15.3. The molecule has 1 aliphatic heterocycles. The van der Waals surface area contributed by atoms with Gasteiger partial charge in [0.25, 0.3) is 0 Å². The molecule has 8 heteroatoms. The molecule has 5 nitrogen and oxygen atoms in total. The van der Waals surface area contributed by atoms with Crippen LogP contribution in [0.1, 0.15) is 48.4 Å². The molecule has 4 aromatic rings. The highest BCUT2D eigenvalue weighted by Crippen LogP contribution is 2.45. The van der Waals surface area contributed by atoms with Crippen LogP contribution in [0.5, 0.6) is 5.75 Å². The summed E-state index contributed by atoms with van der Waals surface area (Å²) in [4.78, 5) is 20.2. The highest BCUT2D eigenvalue weighted by molar-refractivity contribution is 6.31. The van der Waals surface area contributed by atoms with Crippen molar-refractivity contribution in [1.29, 1.82) is 0 Å². The number of halogens is 3. The predicted octanol–water partition coefficient (Wildman–Crippen LogP) is 7.57. The summed E-state index contributed by atoms with van der Waals surface area (Å²) in [5.41, 5.74) is 4.11. The van der Waals surface area contributed by atoms with Crippen molar-refractivity contribution in [2.24, 2.45) is 0 Å². The van der Waals surface area contributed by atoms with Crippen molar-refractivity contribution in [2.45, 2.75) is 39.3 Å². The third-order valence-electron chi connectivity index (χ3n) is 6.71. The van der Waals surface area contributed by atoms with Gasteiger partial charge in [0.15, 0.2) is 5.82 Å². The third kappa shape index (κ3) is 4.28. The van der Waals surface area contributed by atoms with Gasteiger partial charge in [-0.2, -0.15) is 0 Å². The van der Waals surface area contributed by atoms with Gasteiger partial charge in [-0.05, 0) is 68.3 Å². The van der Waals surface area contributed by atoms with Crippen LogP contribution in [-0.2, 0) is 11.2 Å². The number of anilines is 1. The first-order valence-electron chi connectivity index (χ1n) is 12.0. The lowest BCUT2D eigenvalue weighted by Crippen LogP contribution is -2.43. The maximum Gasteiger partial charge on any atom is 0.234 e. The molecule has 1 aliphatic rings. The van der Waals surface area contributed by atoms with Crippen LogP contribution in [0.2, 0.25) is 10.0 Å². The molecule has 0 aliphatic carbocycles. The fraction of sp³-hybridized carbons (Fsp3) is 0.241. The zero-order chi connectivity index (χ0) is 26.4. The summed E-state index contributed by atoms with van der Waals surface area (Å²) >= 11 is 12.5. The van der Waals surface area contributed by atoms with Gasteiger partial charge in [-0.1, -0.05) is 47.5 Å². The predicted molar refractivity (Wildman–Crippen MR) is 145 cm³/mol. The van der Waals surface area contributed by atoms with Crippen LogP contribution in [0.15, 0.2) is 60.7 Å². The number of carbonyl (C=O) groups is 1. The minimum Gasteiger partial charge on any atom is -0.496 e. The van der Waals surface area contributed by atoms with E-state index in [1.807, 2.05) is 43.3 Å². The Morgan fingerprint density at radius 3 is 2.54 bits per heavy atom. The maximum atomic E-state index is 15.4. The van der Waals surface area contributed by atoms with Crippen LogP contribution in [-0.4, -0.2) is 22.6 Å². The van der Waals surface area contributed by atoms with Gasteiger partial charge in [0, 0.05) is 11.1 Å². The van der Waals surface area contributed by atoms with E-state index >= 15 is 4.39 Å². The van der Waals surface area contributed by atoms with Gasteiger partial charge in [-0.3, -0.25) is 9.69 Å². The van der Waals surface area contributed by atoms with E-state index in [9.17, 15) is 4.79 Å². The Morgan fingerprint density at radius 2 is 1.84 bits per heavy atom. The Morgan fingerprint density at radius 1 is 1.08 bits per heavy atom. The molecule has 190 valence electrons. The lowest BCUT2D eigenvalue weighted by molar-refractivity contribution is -0.118. The molecule has 2 heterocycles. The van der Waals surface area contributed by atoms with Gasteiger partial charge < -0.3 is 9.30 Å². The number of rotatable bonds is 5. The van der Waals surface area contributed by atoms with E-state index in [1.165, 1.54) is 11.0 Å². The summed E-state index contributed by atoms with van der Waals surface area (Å²) in [5.74, 6) is 0.455. The summed E-state index contributed by atoms with van der Waals surface area (Å²) in [7, 11) is 1.62. The molecule has 1 atom stereocenters. The summed E-state index contributed by atoms with van der Waals surface area (Å²) in [6, 6.07) is 17.2. The largest absolute Gasteiger partial charge is 0.496 e. The zero-order valence-corrected chi connectivity index (χ0v) is 22.4.